The van der Waals surface area contributed by atoms with E-state index in [1.807, 2.05) is 24.5 Å². The first kappa shape index (κ1) is 13.7. The number of nitrogens with zero attached hydrogens (tertiary/aromatic N) is 2. The van der Waals surface area contributed by atoms with Crippen molar-refractivity contribution in [3.05, 3.63) is 53.9 Å². The van der Waals surface area contributed by atoms with Gasteiger partial charge in [0.05, 0.1) is 0 Å². The van der Waals surface area contributed by atoms with E-state index >= 15 is 0 Å². The average molecular weight is 261 g/mol. The molecule has 0 fully saturated rings. The number of imidazole rings is 1. The molecular formula is C15H20FN3. The Hall–Kier alpha value is -1.68. The molecule has 3 nitrogen and oxygen atoms in total. The van der Waals surface area contributed by atoms with Crippen molar-refractivity contribution in [3.8, 4) is 0 Å². The molecule has 0 aliphatic rings. The average Bonchev–Trinajstić information content (AvgIpc) is 2.86. The van der Waals surface area contributed by atoms with Crippen molar-refractivity contribution in [1.82, 2.24) is 14.9 Å². The van der Waals surface area contributed by atoms with Crippen molar-refractivity contribution in [2.75, 3.05) is 6.54 Å². The van der Waals surface area contributed by atoms with Gasteiger partial charge in [-0.3, -0.25) is 0 Å². The number of rotatable bonds is 6. The molecule has 0 spiro atoms. The third-order valence-corrected chi connectivity index (χ3v) is 3.25. The summed E-state index contributed by atoms with van der Waals surface area (Å²) in [6.07, 6.45) is 4.62. The van der Waals surface area contributed by atoms with Crippen LogP contribution in [0.3, 0.4) is 0 Å². The molecule has 0 bridgehead atoms. The maximum atomic E-state index is 13.0. The van der Waals surface area contributed by atoms with Crippen LogP contribution < -0.4 is 5.32 Å². The Morgan fingerprint density at radius 2 is 2.00 bits per heavy atom. The fraction of sp³-hybridized carbons (Fsp3) is 0.400. The topological polar surface area (TPSA) is 29.9 Å². The van der Waals surface area contributed by atoms with E-state index in [9.17, 15) is 4.39 Å². The first-order valence-corrected chi connectivity index (χ1v) is 6.73. The van der Waals surface area contributed by atoms with Crippen LogP contribution in [0.5, 0.6) is 0 Å². The summed E-state index contributed by atoms with van der Waals surface area (Å²) in [6.45, 7) is 5.96. The highest BCUT2D eigenvalue weighted by Gasteiger charge is 2.14. The minimum Gasteiger partial charge on any atom is -0.335 e. The van der Waals surface area contributed by atoms with Crippen LogP contribution in [0.4, 0.5) is 4.39 Å². The van der Waals surface area contributed by atoms with E-state index in [2.05, 4.69) is 28.7 Å². The van der Waals surface area contributed by atoms with Gasteiger partial charge in [0, 0.05) is 31.4 Å². The lowest BCUT2D eigenvalue weighted by Gasteiger charge is -2.18. The molecule has 1 aromatic carbocycles. The van der Waals surface area contributed by atoms with Gasteiger partial charge >= 0.3 is 0 Å². The van der Waals surface area contributed by atoms with E-state index in [1.165, 1.54) is 12.1 Å². The van der Waals surface area contributed by atoms with Gasteiger partial charge in [0.1, 0.15) is 11.6 Å². The zero-order chi connectivity index (χ0) is 13.7. The van der Waals surface area contributed by atoms with Crippen LogP contribution in [-0.4, -0.2) is 16.1 Å². The van der Waals surface area contributed by atoms with E-state index in [1.54, 1.807) is 0 Å². The Balaban J connectivity index is 2.18. The van der Waals surface area contributed by atoms with Crippen LogP contribution in [0.2, 0.25) is 0 Å². The maximum absolute atomic E-state index is 13.0. The normalized spacial score (nSPS) is 12.6. The van der Waals surface area contributed by atoms with Crippen molar-refractivity contribution in [2.24, 2.45) is 0 Å². The van der Waals surface area contributed by atoms with E-state index in [-0.39, 0.29) is 11.9 Å². The molecule has 19 heavy (non-hydrogen) atoms. The molecule has 0 amide bonds. The van der Waals surface area contributed by atoms with Crippen molar-refractivity contribution in [2.45, 2.75) is 32.9 Å². The second kappa shape index (κ2) is 6.48. The number of benzene rings is 1. The van der Waals surface area contributed by atoms with Gasteiger partial charge in [0.15, 0.2) is 0 Å². The molecular weight excluding hydrogens is 241 g/mol. The van der Waals surface area contributed by atoms with E-state index in [4.69, 9.17) is 0 Å². The van der Waals surface area contributed by atoms with Crippen molar-refractivity contribution >= 4 is 0 Å². The molecule has 1 atom stereocenters. The van der Waals surface area contributed by atoms with Crippen LogP contribution in [0.25, 0.3) is 0 Å². The monoisotopic (exact) mass is 261 g/mol. The molecule has 0 saturated carbocycles. The number of halogens is 1. The molecule has 1 aromatic heterocycles. The van der Waals surface area contributed by atoms with Gasteiger partial charge in [-0.2, -0.15) is 0 Å². The molecule has 102 valence electrons. The predicted molar refractivity (Wildman–Crippen MR) is 74.4 cm³/mol. The lowest BCUT2D eigenvalue weighted by Crippen LogP contribution is -2.24. The van der Waals surface area contributed by atoms with Crippen LogP contribution in [0.1, 0.15) is 31.3 Å². The van der Waals surface area contributed by atoms with Gasteiger partial charge in [-0.05, 0) is 31.2 Å². The first-order chi connectivity index (χ1) is 9.24. The van der Waals surface area contributed by atoms with Crippen molar-refractivity contribution < 1.29 is 4.39 Å². The quantitative estimate of drug-likeness (QED) is 0.866. The molecule has 4 heteroatoms. The Labute approximate surface area is 113 Å². The highest BCUT2D eigenvalue weighted by Crippen LogP contribution is 2.18. The van der Waals surface area contributed by atoms with Gasteiger partial charge in [-0.1, -0.05) is 19.1 Å². The van der Waals surface area contributed by atoms with Gasteiger partial charge in [0.2, 0.25) is 0 Å². The Kier molecular flexibility index (Phi) is 4.68. The lowest BCUT2D eigenvalue weighted by molar-refractivity contribution is 0.520. The summed E-state index contributed by atoms with van der Waals surface area (Å²) in [7, 11) is 0. The SMILES string of the molecule is CCNC(Cc1nccn1CC)c1ccc(F)cc1. The van der Waals surface area contributed by atoms with E-state index in [0.717, 1.165) is 30.9 Å². The molecule has 1 unspecified atom stereocenters. The number of hydrogen-bond acceptors (Lipinski definition) is 2. The van der Waals surface area contributed by atoms with E-state index < -0.39 is 0 Å². The molecule has 1 N–H and O–H groups in total. The number of aromatic nitrogens is 2. The summed E-state index contributed by atoms with van der Waals surface area (Å²) in [4.78, 5) is 4.40. The summed E-state index contributed by atoms with van der Waals surface area (Å²) in [5.74, 6) is 0.854. The molecule has 0 aliphatic carbocycles. The Morgan fingerprint density at radius 1 is 1.26 bits per heavy atom. The van der Waals surface area contributed by atoms with Gasteiger partial charge < -0.3 is 9.88 Å². The summed E-state index contributed by atoms with van der Waals surface area (Å²) < 4.78 is 15.1. The second-order valence-corrected chi connectivity index (χ2v) is 4.50. The summed E-state index contributed by atoms with van der Waals surface area (Å²) >= 11 is 0. The fourth-order valence-electron chi connectivity index (χ4n) is 2.25. The smallest absolute Gasteiger partial charge is 0.123 e. The summed E-state index contributed by atoms with van der Waals surface area (Å²) in [5, 5.41) is 3.43. The molecule has 2 rings (SSSR count). The highest BCUT2D eigenvalue weighted by molar-refractivity contribution is 5.21. The van der Waals surface area contributed by atoms with Crippen molar-refractivity contribution in [1.29, 1.82) is 0 Å². The minimum absolute atomic E-state index is 0.165. The maximum Gasteiger partial charge on any atom is 0.123 e. The Bertz CT molecular complexity index is 504. The zero-order valence-corrected chi connectivity index (χ0v) is 11.4. The van der Waals surface area contributed by atoms with Crippen LogP contribution in [0, 0.1) is 5.82 Å². The predicted octanol–water partition coefficient (Wildman–Crippen LogP) is 2.94. The summed E-state index contributed by atoms with van der Waals surface area (Å²) in [6, 6.07) is 6.85. The van der Waals surface area contributed by atoms with Crippen molar-refractivity contribution in [3.63, 3.8) is 0 Å². The van der Waals surface area contributed by atoms with Crippen LogP contribution >= 0.6 is 0 Å². The highest BCUT2D eigenvalue weighted by atomic mass is 19.1. The van der Waals surface area contributed by atoms with Gasteiger partial charge in [0.25, 0.3) is 0 Å². The first-order valence-electron chi connectivity index (χ1n) is 6.73. The second-order valence-electron chi connectivity index (χ2n) is 4.50. The minimum atomic E-state index is -0.200. The van der Waals surface area contributed by atoms with Gasteiger partial charge in [-0.25, -0.2) is 9.37 Å². The van der Waals surface area contributed by atoms with Gasteiger partial charge in [-0.15, -0.1) is 0 Å². The molecule has 0 radical (unpaired) electrons. The third-order valence-electron chi connectivity index (χ3n) is 3.25. The summed E-state index contributed by atoms with van der Waals surface area (Å²) in [5.41, 5.74) is 1.09. The zero-order valence-electron chi connectivity index (χ0n) is 11.4. The molecule has 2 aromatic rings. The largest absolute Gasteiger partial charge is 0.335 e. The van der Waals surface area contributed by atoms with E-state index in [0.29, 0.717) is 0 Å². The standard InChI is InChI=1S/C15H20FN3/c1-3-17-14(12-5-7-13(16)8-6-12)11-15-18-9-10-19(15)4-2/h5-10,14,17H,3-4,11H2,1-2H3. The number of aryl methyl sites for hydroxylation is 1. The van der Waals surface area contributed by atoms with Crippen LogP contribution in [-0.2, 0) is 13.0 Å². The van der Waals surface area contributed by atoms with Crippen LogP contribution in [0.15, 0.2) is 36.7 Å². The number of likely N-dealkylation sites (N-methyl/N-ethyl adjacent to an activating group) is 1. The number of nitrogens with one attached hydrogen (secondary N) is 1. The molecule has 0 saturated heterocycles. The molecule has 0 aliphatic heterocycles. The number of hydrogen-bond donors (Lipinski definition) is 1. The third kappa shape index (κ3) is 3.41. The molecule has 1 heterocycles. The Morgan fingerprint density at radius 3 is 2.63 bits per heavy atom. The lowest BCUT2D eigenvalue weighted by atomic mass is 10.0. The fourth-order valence-corrected chi connectivity index (χ4v) is 2.25.